The van der Waals surface area contributed by atoms with E-state index < -0.39 is 0 Å². The van der Waals surface area contributed by atoms with E-state index in [1.54, 1.807) is 29.9 Å². The fourth-order valence-corrected chi connectivity index (χ4v) is 4.23. The molecule has 0 bridgehead atoms. The van der Waals surface area contributed by atoms with Crippen LogP contribution in [0.15, 0.2) is 67.1 Å². The number of carbonyl (C=O) groups is 1. The molecule has 0 fully saturated rings. The van der Waals surface area contributed by atoms with E-state index in [0.29, 0.717) is 12.2 Å². The molecule has 5 aromatic rings. The monoisotopic (exact) mass is 399 g/mol. The number of hydrogen-bond acceptors (Lipinski definition) is 5. The summed E-state index contributed by atoms with van der Waals surface area (Å²) in [4.78, 5) is 26.2. The van der Waals surface area contributed by atoms with Crippen molar-refractivity contribution < 1.29 is 4.79 Å². The number of amides is 1. The van der Waals surface area contributed by atoms with Gasteiger partial charge in [0.1, 0.15) is 11.3 Å². The smallest absolute Gasteiger partial charge is 0.272 e. The van der Waals surface area contributed by atoms with E-state index in [0.717, 1.165) is 37.5 Å². The van der Waals surface area contributed by atoms with Gasteiger partial charge >= 0.3 is 0 Å². The lowest BCUT2D eigenvalue weighted by Crippen LogP contribution is -2.17. The molecule has 0 saturated carbocycles. The summed E-state index contributed by atoms with van der Waals surface area (Å²) in [7, 11) is 0. The number of fused-ring (bicyclic) bond motifs is 2. The number of aromatic nitrogens is 4. The molecule has 4 aromatic heterocycles. The molecule has 0 radical (unpaired) electrons. The molecule has 7 heteroatoms. The topological polar surface area (TPSA) is 72.7 Å². The Kier molecular flexibility index (Phi) is 4.29. The third-order valence-corrected chi connectivity index (χ3v) is 5.68. The first kappa shape index (κ1) is 17.5. The summed E-state index contributed by atoms with van der Waals surface area (Å²) in [5.74, 6) is -0.177. The molecule has 0 aliphatic rings. The van der Waals surface area contributed by atoms with Gasteiger partial charge in [-0.3, -0.25) is 9.78 Å². The van der Waals surface area contributed by atoms with Crippen molar-refractivity contribution in [1.29, 1.82) is 0 Å². The number of rotatable bonds is 4. The van der Waals surface area contributed by atoms with E-state index in [1.807, 2.05) is 60.0 Å². The lowest BCUT2D eigenvalue weighted by Gasteiger charge is -2.11. The third kappa shape index (κ3) is 3.36. The number of nitrogens with zero attached hydrogens (tertiary/aromatic N) is 4. The summed E-state index contributed by atoms with van der Waals surface area (Å²) in [5, 5.41) is 4.95. The average molecular weight is 399 g/mol. The van der Waals surface area contributed by atoms with Crippen molar-refractivity contribution in [2.75, 3.05) is 5.32 Å². The minimum Gasteiger partial charge on any atom is -0.321 e. The molecule has 1 N–H and O–H groups in total. The van der Waals surface area contributed by atoms with Crippen molar-refractivity contribution in [3.8, 4) is 0 Å². The van der Waals surface area contributed by atoms with Crippen molar-refractivity contribution in [2.24, 2.45) is 0 Å². The highest BCUT2D eigenvalue weighted by atomic mass is 32.1. The van der Waals surface area contributed by atoms with Crippen molar-refractivity contribution in [3.63, 3.8) is 0 Å². The fraction of sp³-hybridized carbons (Fsp3) is 0.0909. The Hall–Kier alpha value is -3.58. The first-order chi connectivity index (χ1) is 14.2. The molecule has 0 aliphatic carbocycles. The first-order valence-corrected chi connectivity index (χ1v) is 10.0. The summed E-state index contributed by atoms with van der Waals surface area (Å²) in [5.41, 5.74) is 4.01. The molecule has 1 amide bonds. The maximum absolute atomic E-state index is 13.1. The summed E-state index contributed by atoms with van der Waals surface area (Å²) in [6.07, 6.45) is 5.24. The van der Waals surface area contributed by atoms with Gasteiger partial charge in [-0.1, -0.05) is 0 Å². The molecule has 29 heavy (non-hydrogen) atoms. The van der Waals surface area contributed by atoms with Gasteiger partial charge in [0.2, 0.25) is 0 Å². The fourth-order valence-electron chi connectivity index (χ4n) is 3.42. The van der Waals surface area contributed by atoms with Crippen LogP contribution in [0.4, 0.5) is 5.69 Å². The van der Waals surface area contributed by atoms with Gasteiger partial charge in [-0.25, -0.2) is 9.97 Å². The number of pyridine rings is 2. The van der Waals surface area contributed by atoms with Crippen LogP contribution in [0.2, 0.25) is 0 Å². The number of carbonyl (C=O) groups excluding carboxylic acids is 1. The summed E-state index contributed by atoms with van der Waals surface area (Å²) >= 11 is 1.64. The van der Waals surface area contributed by atoms with Crippen molar-refractivity contribution in [2.45, 2.75) is 13.5 Å². The second-order valence-corrected chi connectivity index (χ2v) is 7.99. The van der Waals surface area contributed by atoms with Gasteiger partial charge in [0.15, 0.2) is 0 Å². The van der Waals surface area contributed by atoms with E-state index in [-0.39, 0.29) is 5.91 Å². The molecule has 0 spiro atoms. The largest absolute Gasteiger partial charge is 0.321 e. The number of thiazole rings is 1. The van der Waals surface area contributed by atoms with Crippen molar-refractivity contribution in [1.82, 2.24) is 19.5 Å². The molecule has 0 unspecified atom stereocenters. The molecule has 5 rings (SSSR count). The second kappa shape index (κ2) is 7.10. The normalized spacial score (nSPS) is 11.2. The van der Waals surface area contributed by atoms with E-state index >= 15 is 0 Å². The van der Waals surface area contributed by atoms with Gasteiger partial charge in [0.05, 0.1) is 15.2 Å². The van der Waals surface area contributed by atoms with E-state index in [1.165, 1.54) is 0 Å². The Labute approximate surface area is 170 Å². The van der Waals surface area contributed by atoms with Gasteiger partial charge < -0.3 is 9.88 Å². The lowest BCUT2D eigenvalue weighted by molar-refractivity contribution is 0.101. The SMILES string of the molecule is Cc1nc2cc(NC(=O)c3cc4cccnc4n3Cc3ccncc3)ccc2s1. The Morgan fingerprint density at radius 3 is 2.83 bits per heavy atom. The van der Waals surface area contributed by atoms with Gasteiger partial charge in [0.25, 0.3) is 5.91 Å². The quantitative estimate of drug-likeness (QED) is 0.477. The molecule has 0 saturated heterocycles. The van der Waals surface area contributed by atoms with Gasteiger partial charge in [-0.05, 0) is 61.0 Å². The summed E-state index contributed by atoms with van der Waals surface area (Å²) < 4.78 is 3.04. The minimum absolute atomic E-state index is 0.177. The number of hydrogen-bond donors (Lipinski definition) is 1. The van der Waals surface area contributed by atoms with Gasteiger partial charge in [-0.15, -0.1) is 11.3 Å². The minimum atomic E-state index is -0.177. The summed E-state index contributed by atoms with van der Waals surface area (Å²) in [6.45, 7) is 2.52. The van der Waals surface area contributed by atoms with Crippen LogP contribution >= 0.6 is 11.3 Å². The predicted molar refractivity (Wildman–Crippen MR) is 115 cm³/mol. The Bertz CT molecular complexity index is 1340. The van der Waals surface area contributed by atoms with Crippen LogP contribution in [-0.2, 0) is 6.54 Å². The van der Waals surface area contributed by atoms with Crippen LogP contribution in [0, 0.1) is 6.92 Å². The summed E-state index contributed by atoms with van der Waals surface area (Å²) in [6, 6.07) is 15.4. The Morgan fingerprint density at radius 1 is 1.10 bits per heavy atom. The highest BCUT2D eigenvalue weighted by Crippen LogP contribution is 2.25. The maximum Gasteiger partial charge on any atom is 0.272 e. The van der Waals surface area contributed by atoms with Crippen LogP contribution in [-0.4, -0.2) is 25.4 Å². The standard InChI is InChI=1S/C22H17N5OS/c1-14-25-18-12-17(4-5-20(18)29-14)26-22(28)19-11-16-3-2-8-24-21(16)27(19)13-15-6-9-23-10-7-15/h2-12H,13H2,1H3,(H,26,28). The second-order valence-electron chi connectivity index (χ2n) is 6.76. The zero-order valence-corrected chi connectivity index (χ0v) is 16.5. The Morgan fingerprint density at radius 2 is 1.97 bits per heavy atom. The molecule has 142 valence electrons. The molecule has 0 aliphatic heterocycles. The van der Waals surface area contributed by atoms with Gasteiger partial charge in [-0.2, -0.15) is 0 Å². The number of nitrogens with one attached hydrogen (secondary N) is 1. The van der Waals surface area contributed by atoms with Crippen molar-refractivity contribution >= 4 is 44.2 Å². The molecular weight excluding hydrogens is 382 g/mol. The molecule has 4 heterocycles. The van der Waals surface area contributed by atoms with Crippen LogP contribution in [0.1, 0.15) is 21.1 Å². The van der Waals surface area contributed by atoms with Crippen LogP contribution in [0.5, 0.6) is 0 Å². The first-order valence-electron chi connectivity index (χ1n) is 9.19. The lowest BCUT2D eigenvalue weighted by atomic mass is 10.2. The highest BCUT2D eigenvalue weighted by Gasteiger charge is 2.17. The maximum atomic E-state index is 13.1. The zero-order valence-electron chi connectivity index (χ0n) is 15.7. The van der Waals surface area contributed by atoms with E-state index in [4.69, 9.17) is 0 Å². The predicted octanol–water partition coefficient (Wildman–Crippen LogP) is 4.65. The Balaban J connectivity index is 1.52. The number of aryl methyl sites for hydroxylation is 1. The zero-order chi connectivity index (χ0) is 19.8. The van der Waals surface area contributed by atoms with Crippen LogP contribution < -0.4 is 5.32 Å². The number of benzene rings is 1. The average Bonchev–Trinajstić information content (AvgIpc) is 3.28. The van der Waals surface area contributed by atoms with E-state index in [9.17, 15) is 4.79 Å². The molecular formula is C22H17N5OS. The van der Waals surface area contributed by atoms with E-state index in [2.05, 4.69) is 20.3 Å². The molecule has 6 nitrogen and oxygen atoms in total. The van der Waals surface area contributed by atoms with Crippen LogP contribution in [0.25, 0.3) is 21.3 Å². The van der Waals surface area contributed by atoms with Crippen molar-refractivity contribution in [3.05, 3.63) is 83.4 Å². The van der Waals surface area contributed by atoms with Gasteiger partial charge in [0, 0.05) is 36.2 Å². The number of anilines is 1. The van der Waals surface area contributed by atoms with Crippen LogP contribution in [0.3, 0.4) is 0 Å². The highest BCUT2D eigenvalue weighted by molar-refractivity contribution is 7.18. The molecule has 0 atom stereocenters. The molecule has 1 aromatic carbocycles. The third-order valence-electron chi connectivity index (χ3n) is 4.73.